The second kappa shape index (κ2) is 12.9. The number of carbonyl (C=O) groups is 1. The lowest BCUT2D eigenvalue weighted by molar-refractivity contribution is -0.129. The minimum Gasteiger partial charge on any atom is -0.497 e. The molecule has 0 aliphatic carbocycles. The van der Waals surface area contributed by atoms with Gasteiger partial charge in [-0.15, -0.1) is 0 Å². The first-order valence-electron chi connectivity index (χ1n) is 13.3. The summed E-state index contributed by atoms with van der Waals surface area (Å²) in [5, 5.41) is 9.44. The maximum atomic E-state index is 11.1. The van der Waals surface area contributed by atoms with Crippen molar-refractivity contribution in [3.63, 3.8) is 0 Å². The fourth-order valence-electron chi connectivity index (χ4n) is 4.94. The van der Waals surface area contributed by atoms with E-state index in [2.05, 4.69) is 24.0 Å². The smallest absolute Gasteiger partial charge is 0.243 e. The van der Waals surface area contributed by atoms with Crippen LogP contribution in [0.1, 0.15) is 43.7 Å². The zero-order valence-electron chi connectivity index (χ0n) is 23.4. The van der Waals surface area contributed by atoms with Crippen LogP contribution in [-0.2, 0) is 9.53 Å². The molecule has 0 radical (unpaired) electrons. The number of methoxy groups -OCH3 is 2. The summed E-state index contributed by atoms with van der Waals surface area (Å²) in [7, 11) is 3.27. The number of hydrogen-bond acceptors (Lipinski definition) is 9. The summed E-state index contributed by atoms with van der Waals surface area (Å²) in [6.45, 7) is 8.70. The summed E-state index contributed by atoms with van der Waals surface area (Å²) in [5.74, 6) is 3.24. The standard InChI is InChI=1S/C29H38N4O6/c1-18-13-21(14-19(2)27(18)39-11-8-6-7-9-25(34)32-35)28-30-23-15-22(36-4)16-24(37-5)26(23)29(31-28)33-10-12-38-17-20(33)3/h13-16,20,35H,6-12,17H2,1-5H3,(H,32,34)/t20-/m0/s1. The van der Waals surface area contributed by atoms with Gasteiger partial charge in [-0.1, -0.05) is 0 Å². The quantitative estimate of drug-likeness (QED) is 0.205. The maximum absolute atomic E-state index is 11.1. The van der Waals surface area contributed by atoms with Crippen molar-refractivity contribution in [3.8, 4) is 28.6 Å². The lowest BCUT2D eigenvalue weighted by atomic mass is 10.0. The largest absolute Gasteiger partial charge is 0.497 e. The summed E-state index contributed by atoms with van der Waals surface area (Å²) in [5.41, 5.74) is 5.30. The molecular formula is C29H38N4O6. The second-order valence-corrected chi connectivity index (χ2v) is 9.85. The van der Waals surface area contributed by atoms with E-state index in [4.69, 9.17) is 34.1 Å². The lowest BCUT2D eigenvalue weighted by Gasteiger charge is -2.35. The van der Waals surface area contributed by atoms with E-state index in [9.17, 15) is 4.79 Å². The number of morpholine rings is 1. The molecule has 0 bridgehead atoms. The average molecular weight is 539 g/mol. The first kappa shape index (κ1) is 28.4. The number of aryl methyl sites for hydroxylation is 2. The van der Waals surface area contributed by atoms with Gasteiger partial charge in [0.2, 0.25) is 5.91 Å². The predicted molar refractivity (Wildman–Crippen MR) is 149 cm³/mol. The average Bonchev–Trinajstić information content (AvgIpc) is 2.94. The molecule has 210 valence electrons. The molecule has 10 heteroatoms. The van der Waals surface area contributed by atoms with Gasteiger partial charge in [-0.25, -0.2) is 15.4 Å². The normalized spacial score (nSPS) is 15.3. The number of fused-ring (bicyclic) bond motifs is 1. The van der Waals surface area contributed by atoms with Crippen molar-refractivity contribution in [2.24, 2.45) is 0 Å². The second-order valence-electron chi connectivity index (χ2n) is 9.85. The molecule has 0 unspecified atom stereocenters. The summed E-state index contributed by atoms with van der Waals surface area (Å²) >= 11 is 0. The van der Waals surface area contributed by atoms with E-state index in [-0.39, 0.29) is 11.9 Å². The van der Waals surface area contributed by atoms with E-state index in [1.165, 1.54) is 0 Å². The number of amides is 1. The van der Waals surface area contributed by atoms with Crippen LogP contribution in [0.15, 0.2) is 24.3 Å². The zero-order chi connectivity index (χ0) is 27.9. The number of unbranched alkanes of at least 4 members (excludes halogenated alkanes) is 2. The molecule has 0 saturated carbocycles. The first-order chi connectivity index (χ1) is 18.9. The number of ether oxygens (including phenoxy) is 4. The number of carbonyl (C=O) groups excluding carboxylic acids is 1. The number of anilines is 1. The monoisotopic (exact) mass is 538 g/mol. The van der Waals surface area contributed by atoms with Crippen LogP contribution in [0.5, 0.6) is 17.2 Å². The summed E-state index contributed by atoms with van der Waals surface area (Å²) in [6.07, 6.45) is 2.66. The predicted octanol–water partition coefficient (Wildman–Crippen LogP) is 4.60. The minimum atomic E-state index is -0.364. The van der Waals surface area contributed by atoms with Crippen molar-refractivity contribution in [2.75, 3.05) is 45.5 Å². The third-order valence-electron chi connectivity index (χ3n) is 6.95. The summed E-state index contributed by atoms with van der Waals surface area (Å²) in [4.78, 5) is 23.4. The molecule has 1 saturated heterocycles. The van der Waals surface area contributed by atoms with Crippen molar-refractivity contribution >= 4 is 22.6 Å². The van der Waals surface area contributed by atoms with Crippen LogP contribution < -0.4 is 24.6 Å². The Bertz CT molecular complexity index is 1290. The van der Waals surface area contributed by atoms with E-state index >= 15 is 0 Å². The Morgan fingerprint density at radius 3 is 2.54 bits per heavy atom. The molecule has 1 amide bonds. The van der Waals surface area contributed by atoms with Crippen molar-refractivity contribution in [1.82, 2.24) is 15.4 Å². The van der Waals surface area contributed by atoms with Gasteiger partial charge in [0.15, 0.2) is 5.82 Å². The first-order valence-corrected chi connectivity index (χ1v) is 13.3. The molecule has 0 spiro atoms. The Hall–Kier alpha value is -3.63. The van der Waals surface area contributed by atoms with Crippen LogP contribution >= 0.6 is 0 Å². The minimum absolute atomic E-state index is 0.147. The summed E-state index contributed by atoms with van der Waals surface area (Å²) in [6, 6.07) is 8.03. The van der Waals surface area contributed by atoms with Crippen LogP contribution in [0.3, 0.4) is 0 Å². The fraction of sp³-hybridized carbons (Fsp3) is 0.483. The zero-order valence-corrected chi connectivity index (χ0v) is 23.4. The Morgan fingerprint density at radius 2 is 1.87 bits per heavy atom. The van der Waals surface area contributed by atoms with Gasteiger partial charge in [-0.3, -0.25) is 10.0 Å². The number of nitrogens with zero attached hydrogens (tertiary/aromatic N) is 3. The van der Waals surface area contributed by atoms with Crippen LogP contribution in [-0.4, -0.2) is 67.7 Å². The van der Waals surface area contributed by atoms with E-state index in [0.717, 1.165) is 58.5 Å². The van der Waals surface area contributed by atoms with Crippen LogP contribution in [0.2, 0.25) is 0 Å². The van der Waals surface area contributed by atoms with Gasteiger partial charge in [0, 0.05) is 30.7 Å². The molecule has 4 rings (SSSR count). The highest BCUT2D eigenvalue weighted by Gasteiger charge is 2.26. The van der Waals surface area contributed by atoms with Crippen molar-refractivity contribution in [2.45, 2.75) is 52.5 Å². The number of aromatic nitrogens is 2. The topological polar surface area (TPSA) is 115 Å². The van der Waals surface area contributed by atoms with Crippen molar-refractivity contribution in [3.05, 3.63) is 35.4 Å². The highest BCUT2D eigenvalue weighted by atomic mass is 16.5. The Balaban J connectivity index is 1.65. The van der Waals surface area contributed by atoms with Gasteiger partial charge in [-0.05, 0) is 63.3 Å². The van der Waals surface area contributed by atoms with Crippen LogP contribution in [0, 0.1) is 13.8 Å². The molecule has 2 aromatic carbocycles. The van der Waals surface area contributed by atoms with Gasteiger partial charge in [0.05, 0.1) is 51.0 Å². The Labute approximate surface area is 229 Å². The molecule has 10 nitrogen and oxygen atoms in total. The molecule has 2 heterocycles. The molecule has 3 aromatic rings. The van der Waals surface area contributed by atoms with Gasteiger partial charge in [0.25, 0.3) is 0 Å². The molecule has 1 aliphatic rings. The highest BCUT2D eigenvalue weighted by Crippen LogP contribution is 2.39. The Kier molecular flexibility index (Phi) is 9.42. The molecule has 2 N–H and O–H groups in total. The van der Waals surface area contributed by atoms with E-state index in [1.807, 2.05) is 26.0 Å². The number of rotatable bonds is 11. The molecule has 39 heavy (non-hydrogen) atoms. The number of hydroxylamine groups is 1. The van der Waals surface area contributed by atoms with Gasteiger partial charge >= 0.3 is 0 Å². The third kappa shape index (κ3) is 6.51. The Morgan fingerprint density at radius 1 is 1.10 bits per heavy atom. The molecular weight excluding hydrogens is 500 g/mol. The number of nitrogens with one attached hydrogen (secondary N) is 1. The van der Waals surface area contributed by atoms with Crippen LogP contribution in [0.4, 0.5) is 5.82 Å². The molecule has 1 atom stereocenters. The SMILES string of the molecule is COc1cc(OC)c2c(N3CCOC[C@@H]3C)nc(-c3cc(C)c(OCCCCCC(=O)NO)c(C)c3)nc2c1. The van der Waals surface area contributed by atoms with Gasteiger partial charge in [-0.2, -0.15) is 0 Å². The highest BCUT2D eigenvalue weighted by molar-refractivity contribution is 5.97. The van der Waals surface area contributed by atoms with Gasteiger partial charge < -0.3 is 23.8 Å². The maximum Gasteiger partial charge on any atom is 0.243 e. The fourth-order valence-corrected chi connectivity index (χ4v) is 4.94. The van der Waals surface area contributed by atoms with E-state index in [1.54, 1.807) is 19.7 Å². The van der Waals surface area contributed by atoms with Crippen molar-refractivity contribution < 1.29 is 28.9 Å². The molecule has 1 aromatic heterocycles. The van der Waals surface area contributed by atoms with E-state index in [0.29, 0.717) is 50.0 Å². The third-order valence-corrected chi connectivity index (χ3v) is 6.95. The number of benzene rings is 2. The van der Waals surface area contributed by atoms with Crippen LogP contribution in [0.25, 0.3) is 22.3 Å². The molecule has 1 fully saturated rings. The number of hydrogen-bond donors (Lipinski definition) is 2. The van der Waals surface area contributed by atoms with Crippen molar-refractivity contribution in [1.29, 1.82) is 0 Å². The van der Waals surface area contributed by atoms with Gasteiger partial charge in [0.1, 0.15) is 23.1 Å². The summed E-state index contributed by atoms with van der Waals surface area (Å²) < 4.78 is 23.1. The molecule has 1 aliphatic heterocycles. The lowest BCUT2D eigenvalue weighted by Crippen LogP contribution is -2.44. The van der Waals surface area contributed by atoms with E-state index < -0.39 is 0 Å².